The molecule has 172 valence electrons. The molecule has 0 atom stereocenters. The number of hydrogen-bond acceptors (Lipinski definition) is 5. The lowest BCUT2D eigenvalue weighted by atomic mass is 10.2. The van der Waals surface area contributed by atoms with Crippen LogP contribution in [0.2, 0.25) is 5.02 Å². The maximum Gasteiger partial charge on any atom is 0.341 e. The number of carbonyl (C=O) groups is 2. The molecule has 1 aliphatic rings. The van der Waals surface area contributed by atoms with Crippen LogP contribution < -0.4 is 4.74 Å². The number of carboxylic acid groups (broad SMARTS) is 1. The summed E-state index contributed by atoms with van der Waals surface area (Å²) >= 11 is 7.56. The van der Waals surface area contributed by atoms with Crippen molar-refractivity contribution in [2.45, 2.75) is 13.1 Å². The van der Waals surface area contributed by atoms with Crippen molar-refractivity contribution in [3.8, 4) is 5.75 Å². The number of aliphatic carboxylic acids is 1. The molecule has 1 aliphatic heterocycles. The number of hydrogen-bond donors (Lipinski definition) is 1. The van der Waals surface area contributed by atoms with Crippen LogP contribution in [-0.4, -0.2) is 33.7 Å². The van der Waals surface area contributed by atoms with Gasteiger partial charge in [0, 0.05) is 0 Å². The molecule has 1 N–H and O–H groups in total. The fraction of sp³-hybridized carbons (Fsp3) is 0.115. The summed E-state index contributed by atoms with van der Waals surface area (Å²) < 4.78 is 5.17. The molecule has 3 aromatic rings. The van der Waals surface area contributed by atoms with Crippen LogP contribution in [0.1, 0.15) is 16.7 Å². The van der Waals surface area contributed by atoms with E-state index in [4.69, 9.17) is 26.4 Å². The summed E-state index contributed by atoms with van der Waals surface area (Å²) in [6.07, 6.45) is 1.75. The average molecular weight is 493 g/mol. The SMILES string of the molecule is O=C(O)COc1ccc(/C=C2\SC(=NCc3ccccc3)N(Cc3ccccc3)C2=O)cc1Cl. The number of amidine groups is 1. The van der Waals surface area contributed by atoms with Crippen molar-refractivity contribution in [1.29, 1.82) is 0 Å². The third kappa shape index (κ3) is 6.07. The number of nitrogens with zero attached hydrogens (tertiary/aromatic N) is 2. The van der Waals surface area contributed by atoms with Crippen molar-refractivity contribution in [3.63, 3.8) is 0 Å². The lowest BCUT2D eigenvalue weighted by molar-refractivity contribution is -0.139. The molecule has 0 saturated carbocycles. The van der Waals surface area contributed by atoms with Gasteiger partial charge in [0.2, 0.25) is 0 Å². The number of aliphatic imine (C=N–C) groups is 1. The molecule has 8 heteroatoms. The highest BCUT2D eigenvalue weighted by atomic mass is 35.5. The Kier molecular flexibility index (Phi) is 7.67. The third-order valence-corrected chi connectivity index (χ3v) is 6.26. The summed E-state index contributed by atoms with van der Waals surface area (Å²) in [5.74, 6) is -0.952. The van der Waals surface area contributed by atoms with Crippen molar-refractivity contribution in [3.05, 3.63) is 105 Å². The minimum atomic E-state index is -1.09. The number of ether oxygens (including phenoxy) is 1. The Balaban J connectivity index is 1.59. The first-order valence-corrected chi connectivity index (χ1v) is 11.7. The second-order valence-electron chi connectivity index (χ2n) is 7.44. The lowest BCUT2D eigenvalue weighted by Crippen LogP contribution is -2.28. The van der Waals surface area contributed by atoms with Crippen LogP contribution in [0.5, 0.6) is 5.75 Å². The van der Waals surface area contributed by atoms with Gasteiger partial charge in [-0.3, -0.25) is 14.7 Å². The molecule has 0 aliphatic carbocycles. The van der Waals surface area contributed by atoms with Crippen molar-refractivity contribution in [2.75, 3.05) is 6.61 Å². The van der Waals surface area contributed by atoms with Crippen molar-refractivity contribution < 1.29 is 19.4 Å². The van der Waals surface area contributed by atoms with Crippen LogP contribution >= 0.6 is 23.4 Å². The van der Waals surface area contributed by atoms with Crippen molar-refractivity contribution in [2.24, 2.45) is 4.99 Å². The Morgan fingerprint density at radius 1 is 1.03 bits per heavy atom. The average Bonchev–Trinajstić information content (AvgIpc) is 3.12. The van der Waals surface area contributed by atoms with E-state index in [1.165, 1.54) is 11.8 Å². The number of halogens is 1. The normalized spacial score (nSPS) is 15.8. The van der Waals surface area contributed by atoms with Crippen LogP contribution in [0.25, 0.3) is 6.08 Å². The predicted octanol–water partition coefficient (Wildman–Crippen LogP) is 5.48. The van der Waals surface area contributed by atoms with E-state index >= 15 is 0 Å². The zero-order valence-corrected chi connectivity index (χ0v) is 19.6. The molecular weight excluding hydrogens is 472 g/mol. The quantitative estimate of drug-likeness (QED) is 0.421. The van der Waals surface area contributed by atoms with E-state index in [1.54, 1.807) is 29.2 Å². The number of carboxylic acids is 1. The summed E-state index contributed by atoms with van der Waals surface area (Å²) in [5.41, 5.74) is 2.77. The zero-order chi connectivity index (χ0) is 23.9. The molecular formula is C26H21ClN2O4S. The summed E-state index contributed by atoms with van der Waals surface area (Å²) in [6.45, 7) is 0.404. The highest BCUT2D eigenvalue weighted by Crippen LogP contribution is 2.35. The molecule has 0 radical (unpaired) electrons. The Bertz CT molecular complexity index is 1250. The number of benzene rings is 3. The van der Waals surface area contributed by atoms with Crippen molar-refractivity contribution >= 4 is 46.5 Å². The van der Waals surface area contributed by atoms with E-state index in [0.717, 1.165) is 11.1 Å². The number of amides is 1. The molecule has 6 nitrogen and oxygen atoms in total. The van der Waals surface area contributed by atoms with Gasteiger partial charge in [0.25, 0.3) is 5.91 Å². The van der Waals surface area contributed by atoms with Crippen molar-refractivity contribution in [1.82, 2.24) is 4.90 Å². The summed E-state index contributed by atoms with van der Waals surface area (Å²) in [6, 6.07) is 24.6. The molecule has 0 bridgehead atoms. The largest absolute Gasteiger partial charge is 0.480 e. The maximum absolute atomic E-state index is 13.3. The van der Waals surface area contributed by atoms with Gasteiger partial charge in [-0.25, -0.2) is 4.79 Å². The van der Waals surface area contributed by atoms with Gasteiger partial charge in [-0.15, -0.1) is 0 Å². The molecule has 3 aromatic carbocycles. The van der Waals surface area contributed by atoms with Gasteiger partial charge < -0.3 is 9.84 Å². The second kappa shape index (κ2) is 11.0. The zero-order valence-electron chi connectivity index (χ0n) is 18.1. The van der Waals surface area contributed by atoms with Gasteiger partial charge in [0.05, 0.1) is 23.0 Å². The minimum Gasteiger partial charge on any atom is -0.480 e. The minimum absolute atomic E-state index is 0.136. The highest BCUT2D eigenvalue weighted by Gasteiger charge is 2.33. The summed E-state index contributed by atoms with van der Waals surface area (Å²) in [7, 11) is 0. The molecule has 0 unspecified atom stereocenters. The first-order valence-electron chi connectivity index (χ1n) is 10.5. The lowest BCUT2D eigenvalue weighted by Gasteiger charge is -2.15. The molecule has 1 amide bonds. The van der Waals surface area contributed by atoms with E-state index in [0.29, 0.717) is 28.7 Å². The van der Waals surface area contributed by atoms with Crippen LogP contribution in [-0.2, 0) is 22.7 Å². The van der Waals surface area contributed by atoms with E-state index < -0.39 is 12.6 Å². The first-order chi connectivity index (χ1) is 16.5. The summed E-state index contributed by atoms with van der Waals surface area (Å²) in [5, 5.41) is 9.68. The van der Waals surface area contributed by atoms with Crippen LogP contribution in [0.15, 0.2) is 88.8 Å². The van der Waals surface area contributed by atoms with Gasteiger partial charge >= 0.3 is 5.97 Å². The van der Waals surface area contributed by atoms with E-state index in [2.05, 4.69) is 0 Å². The van der Waals surface area contributed by atoms with Gasteiger partial charge in [-0.05, 0) is 46.7 Å². The Hall–Kier alpha value is -3.55. The van der Waals surface area contributed by atoms with Crippen LogP contribution in [0.4, 0.5) is 0 Å². The summed E-state index contributed by atoms with van der Waals surface area (Å²) in [4.78, 5) is 31.0. The second-order valence-corrected chi connectivity index (χ2v) is 8.86. The molecule has 1 saturated heterocycles. The fourth-order valence-electron chi connectivity index (χ4n) is 3.29. The standard InChI is InChI=1S/C26H21ClN2O4S/c27-21-13-20(11-12-22(21)33-17-24(30)31)14-23-25(32)29(16-19-9-5-2-6-10-19)26(34-23)28-15-18-7-3-1-4-8-18/h1-14H,15-17H2,(H,30,31)/b23-14-,28-26?. The first kappa shape index (κ1) is 23.6. The topological polar surface area (TPSA) is 79.2 Å². The van der Waals surface area contributed by atoms with Crippen LogP contribution in [0, 0.1) is 0 Å². The number of thioether (sulfide) groups is 1. The highest BCUT2D eigenvalue weighted by molar-refractivity contribution is 8.18. The predicted molar refractivity (Wildman–Crippen MR) is 135 cm³/mol. The molecule has 1 heterocycles. The Morgan fingerprint density at radius 2 is 1.71 bits per heavy atom. The van der Waals surface area contributed by atoms with Gasteiger partial charge in [-0.1, -0.05) is 78.3 Å². The van der Waals surface area contributed by atoms with Gasteiger partial charge in [-0.2, -0.15) is 0 Å². The van der Waals surface area contributed by atoms with E-state index in [1.807, 2.05) is 60.7 Å². The van der Waals surface area contributed by atoms with E-state index in [-0.39, 0.29) is 16.7 Å². The number of carbonyl (C=O) groups excluding carboxylic acids is 1. The maximum atomic E-state index is 13.3. The van der Waals surface area contributed by atoms with Crippen LogP contribution in [0.3, 0.4) is 0 Å². The Morgan fingerprint density at radius 3 is 2.35 bits per heavy atom. The van der Waals surface area contributed by atoms with Gasteiger partial charge in [0.1, 0.15) is 5.75 Å². The van der Waals surface area contributed by atoms with E-state index in [9.17, 15) is 9.59 Å². The van der Waals surface area contributed by atoms with Gasteiger partial charge in [0.15, 0.2) is 11.8 Å². The monoisotopic (exact) mass is 492 g/mol. The molecule has 0 aromatic heterocycles. The Labute approximate surface area is 206 Å². The molecule has 0 spiro atoms. The third-order valence-electron chi connectivity index (χ3n) is 4.92. The molecule has 4 rings (SSSR count). The smallest absolute Gasteiger partial charge is 0.341 e. The number of rotatable bonds is 8. The molecule has 34 heavy (non-hydrogen) atoms. The fourth-order valence-corrected chi connectivity index (χ4v) is 4.51. The molecule has 1 fully saturated rings.